The van der Waals surface area contributed by atoms with Crippen LogP contribution in [0.4, 0.5) is 32.8 Å². The summed E-state index contributed by atoms with van der Waals surface area (Å²) in [4.78, 5) is 47.7. The first-order valence-electron chi connectivity index (χ1n) is 18.0. The lowest BCUT2D eigenvalue weighted by Gasteiger charge is -2.42. The van der Waals surface area contributed by atoms with E-state index in [9.17, 15) is 40.4 Å². The molecule has 4 aliphatic heterocycles. The third kappa shape index (κ3) is 9.41. The zero-order chi connectivity index (χ0) is 37.9. The first-order chi connectivity index (χ1) is 25.2. The van der Waals surface area contributed by atoms with Gasteiger partial charge in [-0.2, -0.15) is 17.5 Å². The van der Waals surface area contributed by atoms with Crippen molar-refractivity contribution in [2.75, 3.05) is 70.5 Å². The molecule has 0 unspecified atom stereocenters. The second-order valence-electron chi connectivity index (χ2n) is 14.2. The summed E-state index contributed by atoms with van der Waals surface area (Å²) < 4.78 is 86.0. The van der Waals surface area contributed by atoms with E-state index in [1.807, 2.05) is 24.3 Å². The summed E-state index contributed by atoms with van der Waals surface area (Å²) in [6.07, 6.45) is -3.39. The Morgan fingerprint density at radius 1 is 0.868 bits per heavy atom. The van der Waals surface area contributed by atoms with Crippen LogP contribution in [0.1, 0.15) is 47.9 Å². The molecule has 0 aromatic heterocycles. The summed E-state index contributed by atoms with van der Waals surface area (Å²) in [6, 6.07) is 10.2. The summed E-state index contributed by atoms with van der Waals surface area (Å²) in [5.74, 6) is -0.548. The number of para-hydroxylation sites is 1. The molecule has 0 bridgehead atoms. The first kappa shape index (κ1) is 38.8. The Kier molecular flexibility index (Phi) is 11.8. The molecule has 3 fully saturated rings. The highest BCUT2D eigenvalue weighted by Gasteiger charge is 2.38. The number of hydrogen-bond donors (Lipinski definition) is 1. The number of halogens is 4. The molecule has 1 atom stereocenters. The average molecular weight is 767 g/mol. The van der Waals surface area contributed by atoms with Crippen LogP contribution in [0.5, 0.6) is 0 Å². The Bertz CT molecular complexity index is 1760. The molecular formula is C36H46F4N6O6S. The van der Waals surface area contributed by atoms with Gasteiger partial charge in [-0.3, -0.25) is 9.69 Å². The molecule has 12 nitrogen and oxygen atoms in total. The average Bonchev–Trinajstić information content (AvgIpc) is 3.31. The van der Waals surface area contributed by atoms with Gasteiger partial charge in [-0.05, 0) is 67.0 Å². The minimum atomic E-state index is -4.75. The number of anilines is 1. The first-order valence-corrected chi connectivity index (χ1v) is 19.9. The Balaban J connectivity index is 1.11. The lowest BCUT2D eigenvalue weighted by molar-refractivity contribution is -0.142. The van der Waals surface area contributed by atoms with Crippen LogP contribution in [0.25, 0.3) is 0 Å². The number of sulfonamides is 1. The number of benzene rings is 2. The SMILES string of the molecule is CS(=O)(=O)N1CCN(C2CCN(C(=O)[C@@H](Cc3cc(CF)cc(C(F)(F)F)c3)OC(=O)N3CCC(N4CCc5ccccc5NC4=O)CC3)CC2)CC1. The predicted molar refractivity (Wildman–Crippen MR) is 188 cm³/mol. The standard InChI is InChI=1S/C36H46F4N6O6S/c1-53(50,51)45-18-16-42(17-19-45)29-7-11-43(12-8-29)33(47)32(23-25-20-26(24-37)22-28(21-25)36(38,39)40)52-35(49)44-13-9-30(10-14-44)46-15-6-27-4-2-3-5-31(27)41-34(46)48/h2-5,20-22,29-30,32H,6-19,23-24H2,1H3,(H,41,48)/t32-/m1/s1. The van der Waals surface area contributed by atoms with Crippen LogP contribution in [0.3, 0.4) is 0 Å². The number of carbonyl (C=O) groups is 3. The second-order valence-corrected chi connectivity index (χ2v) is 16.2. The number of urea groups is 1. The molecule has 0 spiro atoms. The van der Waals surface area contributed by atoms with Gasteiger partial charge in [-0.25, -0.2) is 22.4 Å². The van der Waals surface area contributed by atoms with Crippen molar-refractivity contribution >= 4 is 33.7 Å². The van der Waals surface area contributed by atoms with Crippen molar-refractivity contribution in [3.05, 3.63) is 64.7 Å². The maximum atomic E-state index is 14.0. The summed E-state index contributed by atoms with van der Waals surface area (Å²) in [5.41, 5.74) is 0.569. The van der Waals surface area contributed by atoms with Gasteiger partial charge >= 0.3 is 18.3 Å². The van der Waals surface area contributed by atoms with Gasteiger partial charge in [0.2, 0.25) is 10.0 Å². The number of rotatable bonds is 8. The number of amides is 4. The monoisotopic (exact) mass is 766 g/mol. The molecule has 17 heteroatoms. The molecule has 4 heterocycles. The van der Waals surface area contributed by atoms with Gasteiger partial charge in [0, 0.05) is 83.1 Å². The fourth-order valence-corrected chi connectivity index (χ4v) is 8.69. The molecule has 3 saturated heterocycles. The van der Waals surface area contributed by atoms with Crippen LogP contribution >= 0.6 is 0 Å². The van der Waals surface area contributed by atoms with Crippen molar-refractivity contribution in [2.24, 2.45) is 0 Å². The molecule has 0 radical (unpaired) electrons. The number of piperidine rings is 2. The number of fused-ring (bicyclic) bond motifs is 1. The van der Waals surface area contributed by atoms with E-state index in [0.717, 1.165) is 23.4 Å². The number of likely N-dealkylation sites (tertiary alicyclic amines) is 2. The second kappa shape index (κ2) is 16.2. The molecule has 0 aliphatic carbocycles. The molecule has 4 amide bonds. The van der Waals surface area contributed by atoms with Crippen molar-refractivity contribution in [3.63, 3.8) is 0 Å². The van der Waals surface area contributed by atoms with E-state index in [2.05, 4.69) is 10.2 Å². The van der Waals surface area contributed by atoms with E-state index in [4.69, 9.17) is 4.74 Å². The minimum Gasteiger partial charge on any atom is -0.436 e. The van der Waals surface area contributed by atoms with Crippen LogP contribution in [0, 0.1) is 0 Å². The molecule has 0 saturated carbocycles. The van der Waals surface area contributed by atoms with Gasteiger partial charge in [-0.1, -0.05) is 24.3 Å². The van der Waals surface area contributed by atoms with Crippen molar-refractivity contribution in [2.45, 2.75) is 69.6 Å². The molecule has 4 aliphatic rings. The number of piperazine rings is 1. The summed E-state index contributed by atoms with van der Waals surface area (Å²) >= 11 is 0. The zero-order valence-electron chi connectivity index (χ0n) is 29.7. The fraction of sp³-hybridized carbons (Fsp3) is 0.583. The Morgan fingerprint density at radius 2 is 1.49 bits per heavy atom. The van der Waals surface area contributed by atoms with Crippen LogP contribution in [0.15, 0.2) is 42.5 Å². The largest absolute Gasteiger partial charge is 0.436 e. The third-order valence-corrected chi connectivity index (χ3v) is 12.1. The molecular weight excluding hydrogens is 720 g/mol. The van der Waals surface area contributed by atoms with E-state index in [-0.39, 0.29) is 48.8 Å². The van der Waals surface area contributed by atoms with Crippen molar-refractivity contribution in [1.82, 2.24) is 23.9 Å². The molecule has 53 heavy (non-hydrogen) atoms. The maximum Gasteiger partial charge on any atom is 0.416 e. The van der Waals surface area contributed by atoms with Crippen LogP contribution in [-0.4, -0.2) is 134 Å². The van der Waals surface area contributed by atoms with Gasteiger partial charge in [0.05, 0.1) is 11.8 Å². The Morgan fingerprint density at radius 3 is 2.13 bits per heavy atom. The van der Waals surface area contributed by atoms with Gasteiger partial charge in [0.1, 0.15) is 6.67 Å². The van der Waals surface area contributed by atoms with Crippen LogP contribution in [0.2, 0.25) is 0 Å². The van der Waals surface area contributed by atoms with Gasteiger partial charge in [0.15, 0.2) is 6.10 Å². The quantitative estimate of drug-likeness (QED) is 0.397. The van der Waals surface area contributed by atoms with E-state index in [1.54, 1.807) is 9.80 Å². The smallest absolute Gasteiger partial charge is 0.416 e. The van der Waals surface area contributed by atoms with E-state index < -0.39 is 46.5 Å². The number of hydrogen-bond acceptors (Lipinski definition) is 7. The molecule has 2 aromatic rings. The number of ether oxygens (including phenoxy) is 1. The Hall–Kier alpha value is -3.96. The summed E-state index contributed by atoms with van der Waals surface area (Å²) in [5, 5.41) is 2.97. The Labute approximate surface area is 307 Å². The summed E-state index contributed by atoms with van der Waals surface area (Å²) in [7, 11) is -3.28. The molecule has 1 N–H and O–H groups in total. The van der Waals surface area contributed by atoms with E-state index in [1.165, 1.54) is 21.5 Å². The highest BCUT2D eigenvalue weighted by molar-refractivity contribution is 7.88. The number of alkyl halides is 4. The lowest BCUT2D eigenvalue weighted by atomic mass is 9.98. The minimum absolute atomic E-state index is 0.0177. The molecule has 2 aromatic carbocycles. The highest BCUT2D eigenvalue weighted by Crippen LogP contribution is 2.32. The number of nitrogens with one attached hydrogen (secondary N) is 1. The molecule has 6 rings (SSSR count). The van der Waals surface area contributed by atoms with Gasteiger partial charge < -0.3 is 24.8 Å². The highest BCUT2D eigenvalue weighted by atomic mass is 32.2. The van der Waals surface area contributed by atoms with Crippen LogP contribution in [-0.2, 0) is 45.2 Å². The van der Waals surface area contributed by atoms with Gasteiger partial charge in [-0.15, -0.1) is 0 Å². The normalized spacial score (nSPS) is 20.8. The zero-order valence-corrected chi connectivity index (χ0v) is 30.5. The third-order valence-electron chi connectivity index (χ3n) is 10.8. The number of nitrogens with zero attached hydrogens (tertiary/aromatic N) is 5. The van der Waals surface area contributed by atoms with Crippen LogP contribution < -0.4 is 5.32 Å². The predicted octanol–water partition coefficient (Wildman–Crippen LogP) is 4.35. The van der Waals surface area contributed by atoms with E-state index >= 15 is 0 Å². The topological polar surface area (TPSA) is 123 Å². The van der Waals surface area contributed by atoms with E-state index in [0.29, 0.717) is 77.9 Å². The lowest BCUT2D eigenvalue weighted by Crippen LogP contribution is -2.55. The van der Waals surface area contributed by atoms with Crippen molar-refractivity contribution < 1.29 is 45.1 Å². The summed E-state index contributed by atoms with van der Waals surface area (Å²) in [6.45, 7) is 2.37. The van der Waals surface area contributed by atoms with Crippen molar-refractivity contribution in [3.8, 4) is 0 Å². The number of carbonyl (C=O) groups excluding carboxylic acids is 3. The molecule has 290 valence electrons. The van der Waals surface area contributed by atoms with Gasteiger partial charge in [0.25, 0.3) is 5.91 Å². The maximum absolute atomic E-state index is 14.0. The fourth-order valence-electron chi connectivity index (χ4n) is 7.86. The van der Waals surface area contributed by atoms with Crippen molar-refractivity contribution in [1.29, 1.82) is 0 Å².